The van der Waals surface area contributed by atoms with Gasteiger partial charge in [0.05, 0.1) is 12.3 Å². The summed E-state index contributed by atoms with van der Waals surface area (Å²) < 4.78 is 29.5. The van der Waals surface area contributed by atoms with Gasteiger partial charge in [0.25, 0.3) is 0 Å². The Hall–Kier alpha value is -1.92. The number of rotatable bonds is 8. The molecule has 0 saturated heterocycles. The van der Waals surface area contributed by atoms with Crippen molar-refractivity contribution < 1.29 is 18.4 Å². The van der Waals surface area contributed by atoms with Crippen molar-refractivity contribution in [3.8, 4) is 5.75 Å². The average Bonchev–Trinajstić information content (AvgIpc) is 2.88. The third-order valence-corrected chi connectivity index (χ3v) is 2.88. The third-order valence-electron chi connectivity index (χ3n) is 2.88. The highest BCUT2D eigenvalue weighted by Gasteiger charge is 2.11. The summed E-state index contributed by atoms with van der Waals surface area (Å²) in [7, 11) is 1.64. The molecule has 0 radical (unpaired) electrons. The lowest BCUT2D eigenvalue weighted by atomic mass is 10.2. The Kier molecular flexibility index (Phi) is 5.71. The fourth-order valence-electron chi connectivity index (χ4n) is 1.88. The summed E-state index contributed by atoms with van der Waals surface area (Å²) in [5, 5.41) is 6.93. The molecule has 1 aromatic heterocycles. The molecule has 0 aliphatic heterocycles. The minimum atomic E-state index is -0.391. The van der Waals surface area contributed by atoms with Gasteiger partial charge in [-0.3, -0.25) is 0 Å². The molecule has 1 aromatic carbocycles. The molecule has 6 heteroatoms. The number of aryl methyl sites for hydroxylation is 1. The monoisotopic (exact) mass is 294 g/mol. The lowest BCUT2D eigenvalue weighted by molar-refractivity contribution is 0.198. The zero-order valence-electron chi connectivity index (χ0n) is 12.2. The maximum absolute atomic E-state index is 13.9. The van der Waals surface area contributed by atoms with Crippen LogP contribution in [-0.4, -0.2) is 25.4 Å². The molecule has 0 aliphatic carbocycles. The largest absolute Gasteiger partial charge is 0.482 e. The van der Waals surface area contributed by atoms with Crippen molar-refractivity contribution >= 4 is 0 Å². The minimum Gasteiger partial charge on any atom is -0.482 e. The van der Waals surface area contributed by atoms with Crippen LogP contribution in [0, 0.1) is 12.7 Å². The number of hydrogen-bond donors (Lipinski definition) is 1. The van der Waals surface area contributed by atoms with Crippen molar-refractivity contribution in [1.82, 2.24) is 10.5 Å². The fourth-order valence-corrected chi connectivity index (χ4v) is 1.88. The van der Waals surface area contributed by atoms with E-state index in [4.69, 9.17) is 14.0 Å². The third kappa shape index (κ3) is 4.54. The van der Waals surface area contributed by atoms with Crippen molar-refractivity contribution in [2.75, 3.05) is 20.3 Å². The van der Waals surface area contributed by atoms with Crippen LogP contribution in [0.25, 0.3) is 0 Å². The van der Waals surface area contributed by atoms with Crippen LogP contribution in [0.1, 0.15) is 17.0 Å². The fraction of sp³-hybridized carbons (Fsp3) is 0.400. The molecule has 1 N–H and O–H groups in total. The maximum Gasteiger partial charge on any atom is 0.174 e. The van der Waals surface area contributed by atoms with Gasteiger partial charge in [-0.25, -0.2) is 4.39 Å². The Morgan fingerprint density at radius 1 is 1.38 bits per heavy atom. The second-order valence-electron chi connectivity index (χ2n) is 4.62. The molecular formula is C15H19FN2O3. The van der Waals surface area contributed by atoms with Crippen LogP contribution in [0.2, 0.25) is 0 Å². The normalized spacial score (nSPS) is 10.8. The van der Waals surface area contributed by atoms with Crippen LogP contribution in [0.3, 0.4) is 0 Å². The standard InChI is InChI=1S/C15H19FN2O3/c1-11-8-13(21-18-11)10-20-15-12(4-3-5-14(15)16)9-17-6-7-19-2/h3-5,8,17H,6-7,9-10H2,1-2H3. The van der Waals surface area contributed by atoms with E-state index < -0.39 is 5.82 Å². The van der Waals surface area contributed by atoms with E-state index in [1.54, 1.807) is 19.2 Å². The lowest BCUT2D eigenvalue weighted by Crippen LogP contribution is -2.19. The number of benzene rings is 1. The molecule has 114 valence electrons. The van der Waals surface area contributed by atoms with E-state index in [0.29, 0.717) is 25.5 Å². The van der Waals surface area contributed by atoms with Crippen molar-refractivity contribution in [2.24, 2.45) is 0 Å². The predicted molar refractivity (Wildman–Crippen MR) is 75.6 cm³/mol. The topological polar surface area (TPSA) is 56.5 Å². The molecule has 0 saturated carbocycles. The van der Waals surface area contributed by atoms with Gasteiger partial charge in [-0.15, -0.1) is 0 Å². The summed E-state index contributed by atoms with van der Waals surface area (Å²) >= 11 is 0. The van der Waals surface area contributed by atoms with E-state index in [1.165, 1.54) is 6.07 Å². The highest BCUT2D eigenvalue weighted by atomic mass is 19.1. The molecule has 21 heavy (non-hydrogen) atoms. The van der Waals surface area contributed by atoms with Crippen molar-refractivity contribution in [2.45, 2.75) is 20.1 Å². The summed E-state index contributed by atoms with van der Waals surface area (Å²) in [6, 6.07) is 6.62. The van der Waals surface area contributed by atoms with Crippen LogP contribution in [0.4, 0.5) is 4.39 Å². The molecular weight excluding hydrogens is 275 g/mol. The van der Waals surface area contributed by atoms with Crippen LogP contribution in [-0.2, 0) is 17.9 Å². The molecule has 0 fully saturated rings. The first-order chi connectivity index (χ1) is 10.2. The molecule has 1 heterocycles. The van der Waals surface area contributed by atoms with Crippen molar-refractivity contribution in [3.63, 3.8) is 0 Å². The number of halogens is 1. The van der Waals surface area contributed by atoms with Crippen LogP contribution in [0.15, 0.2) is 28.8 Å². The lowest BCUT2D eigenvalue weighted by Gasteiger charge is -2.12. The van der Waals surface area contributed by atoms with Gasteiger partial charge in [0.1, 0.15) is 6.61 Å². The summed E-state index contributed by atoms with van der Waals surface area (Å²) in [6.07, 6.45) is 0. The van der Waals surface area contributed by atoms with E-state index >= 15 is 0 Å². The number of methoxy groups -OCH3 is 1. The Labute approximate surface area is 123 Å². The minimum absolute atomic E-state index is 0.146. The van der Waals surface area contributed by atoms with Crippen LogP contribution < -0.4 is 10.1 Å². The highest BCUT2D eigenvalue weighted by molar-refractivity contribution is 5.35. The molecule has 5 nitrogen and oxygen atoms in total. The predicted octanol–water partition coefficient (Wildman–Crippen LogP) is 2.44. The molecule has 2 rings (SSSR count). The quantitative estimate of drug-likeness (QED) is 0.758. The van der Waals surface area contributed by atoms with Gasteiger partial charge < -0.3 is 19.3 Å². The van der Waals surface area contributed by atoms with E-state index in [-0.39, 0.29) is 12.4 Å². The zero-order valence-corrected chi connectivity index (χ0v) is 12.2. The number of hydrogen-bond acceptors (Lipinski definition) is 5. The summed E-state index contributed by atoms with van der Waals surface area (Å²) in [5.41, 5.74) is 1.52. The Balaban J connectivity index is 1.99. The summed E-state index contributed by atoms with van der Waals surface area (Å²) in [4.78, 5) is 0. The van der Waals surface area contributed by atoms with Gasteiger partial charge in [-0.2, -0.15) is 0 Å². The van der Waals surface area contributed by atoms with E-state index in [9.17, 15) is 4.39 Å². The van der Waals surface area contributed by atoms with Gasteiger partial charge in [0.15, 0.2) is 17.3 Å². The van der Waals surface area contributed by atoms with Gasteiger partial charge in [0, 0.05) is 31.8 Å². The number of ether oxygens (including phenoxy) is 2. The Morgan fingerprint density at radius 3 is 2.95 bits per heavy atom. The molecule has 0 amide bonds. The molecule has 2 aromatic rings. The van der Waals surface area contributed by atoms with Gasteiger partial charge in [-0.05, 0) is 13.0 Å². The second kappa shape index (κ2) is 7.75. The first kappa shape index (κ1) is 15.5. The Morgan fingerprint density at radius 2 is 2.24 bits per heavy atom. The second-order valence-corrected chi connectivity index (χ2v) is 4.62. The smallest absolute Gasteiger partial charge is 0.174 e. The number of nitrogens with one attached hydrogen (secondary N) is 1. The number of nitrogens with zero attached hydrogens (tertiary/aromatic N) is 1. The molecule has 0 atom stereocenters. The maximum atomic E-state index is 13.9. The van der Waals surface area contributed by atoms with E-state index in [2.05, 4.69) is 10.5 Å². The van der Waals surface area contributed by atoms with Crippen LogP contribution in [0.5, 0.6) is 5.75 Å². The average molecular weight is 294 g/mol. The van der Waals surface area contributed by atoms with E-state index in [1.807, 2.05) is 13.0 Å². The first-order valence-electron chi connectivity index (χ1n) is 6.72. The van der Waals surface area contributed by atoms with Crippen molar-refractivity contribution in [1.29, 1.82) is 0 Å². The van der Waals surface area contributed by atoms with Gasteiger partial charge in [-0.1, -0.05) is 17.3 Å². The zero-order chi connectivity index (χ0) is 15.1. The SMILES string of the molecule is COCCNCc1cccc(F)c1OCc1cc(C)no1. The van der Waals surface area contributed by atoms with E-state index in [0.717, 1.165) is 11.3 Å². The van der Waals surface area contributed by atoms with Gasteiger partial charge >= 0.3 is 0 Å². The van der Waals surface area contributed by atoms with Gasteiger partial charge in [0.2, 0.25) is 0 Å². The molecule has 0 unspecified atom stereocenters. The summed E-state index contributed by atoms with van der Waals surface area (Å²) in [5.74, 6) is 0.405. The van der Waals surface area contributed by atoms with Crippen molar-refractivity contribution in [3.05, 3.63) is 47.1 Å². The first-order valence-corrected chi connectivity index (χ1v) is 6.72. The highest BCUT2D eigenvalue weighted by Crippen LogP contribution is 2.23. The van der Waals surface area contributed by atoms with Crippen LogP contribution >= 0.6 is 0 Å². The molecule has 0 spiro atoms. The Bertz CT molecular complexity index is 572. The molecule has 0 bridgehead atoms. The number of para-hydroxylation sites is 1. The number of aromatic nitrogens is 1. The molecule has 0 aliphatic rings. The summed E-state index contributed by atoms with van der Waals surface area (Å²) in [6.45, 7) is 3.76.